The van der Waals surface area contributed by atoms with E-state index in [1.807, 2.05) is 18.2 Å². The summed E-state index contributed by atoms with van der Waals surface area (Å²) in [6.07, 6.45) is 2.02. The number of ether oxygens (including phenoxy) is 1. The van der Waals surface area contributed by atoms with E-state index in [-0.39, 0.29) is 0 Å². The molecule has 0 unspecified atom stereocenters. The van der Waals surface area contributed by atoms with Crippen molar-refractivity contribution in [3.05, 3.63) is 70.8 Å². The summed E-state index contributed by atoms with van der Waals surface area (Å²) >= 11 is 0. The van der Waals surface area contributed by atoms with Crippen molar-refractivity contribution in [1.82, 2.24) is 0 Å². The maximum Gasteiger partial charge on any atom is 0.466 e. The highest BCUT2D eigenvalue weighted by Gasteiger charge is 2.16. The average molecular weight is 380 g/mol. The van der Waals surface area contributed by atoms with Gasteiger partial charge in [0.2, 0.25) is 0 Å². The first kappa shape index (κ1) is 21.7. The van der Waals surface area contributed by atoms with Crippen LogP contribution < -0.4 is 0 Å². The molecular formula is C18H21O7P. The van der Waals surface area contributed by atoms with Gasteiger partial charge in [-0.1, -0.05) is 43.7 Å². The van der Waals surface area contributed by atoms with Crippen LogP contribution in [0.25, 0.3) is 0 Å². The summed E-state index contributed by atoms with van der Waals surface area (Å²) in [6.45, 7) is 3.91. The summed E-state index contributed by atoms with van der Waals surface area (Å²) < 4.78 is 13.8. The third kappa shape index (κ3) is 8.18. The lowest BCUT2D eigenvalue weighted by Crippen LogP contribution is -2.13. The van der Waals surface area contributed by atoms with Gasteiger partial charge >= 0.3 is 19.8 Å². The van der Waals surface area contributed by atoms with E-state index in [9.17, 15) is 9.59 Å². The predicted molar refractivity (Wildman–Crippen MR) is 95.6 cm³/mol. The quantitative estimate of drug-likeness (QED) is 0.423. The van der Waals surface area contributed by atoms with Crippen molar-refractivity contribution in [2.45, 2.75) is 26.7 Å². The fourth-order valence-electron chi connectivity index (χ4n) is 2.10. The number of hydrogen-bond acceptors (Lipinski definition) is 4. The minimum Gasteiger partial charge on any atom is -0.386 e. The van der Waals surface area contributed by atoms with Crippen molar-refractivity contribution >= 4 is 19.8 Å². The molecule has 0 saturated heterocycles. The lowest BCUT2D eigenvalue weighted by atomic mass is 10.1. The zero-order valence-corrected chi connectivity index (χ0v) is 15.3. The molecule has 0 aromatic heterocycles. The fourth-order valence-corrected chi connectivity index (χ4v) is 2.10. The van der Waals surface area contributed by atoms with E-state index in [1.165, 1.54) is 5.56 Å². The standard InChI is InChI=1S/C18H18O3.H3O4P/c1-3-6-14-9-11-15(12-10-14)17(19)21-18(20)16-8-5-4-7-13(16)2;1-5(2,3)4/h4-5,7-12H,3,6H2,1-2H3;(H3,1,2,3,4). The molecule has 0 bridgehead atoms. The summed E-state index contributed by atoms with van der Waals surface area (Å²) in [7, 11) is -4.64. The Hall–Kier alpha value is -2.31. The molecule has 0 amide bonds. The maximum atomic E-state index is 12.0. The molecule has 0 atom stereocenters. The number of rotatable bonds is 4. The molecule has 0 aliphatic rings. The summed E-state index contributed by atoms with van der Waals surface area (Å²) in [6, 6.07) is 14.2. The molecule has 3 N–H and O–H groups in total. The van der Waals surface area contributed by atoms with Crippen LogP contribution in [-0.4, -0.2) is 26.6 Å². The zero-order valence-electron chi connectivity index (χ0n) is 14.5. The number of carbonyl (C=O) groups excluding carboxylic acids is 2. The van der Waals surface area contributed by atoms with Gasteiger partial charge in [-0.3, -0.25) is 0 Å². The van der Waals surface area contributed by atoms with Crippen LogP contribution in [0.4, 0.5) is 0 Å². The Morgan fingerprint density at radius 1 is 0.962 bits per heavy atom. The van der Waals surface area contributed by atoms with Gasteiger partial charge in [-0.15, -0.1) is 0 Å². The minimum atomic E-state index is -4.64. The first-order chi connectivity index (χ1) is 12.1. The molecule has 0 spiro atoms. The molecule has 0 fully saturated rings. The predicted octanol–water partition coefficient (Wildman–Crippen LogP) is 3.02. The maximum absolute atomic E-state index is 12.0. The van der Waals surface area contributed by atoms with Crippen molar-refractivity contribution < 1.29 is 33.6 Å². The molecule has 140 valence electrons. The molecule has 0 saturated carbocycles. The van der Waals surface area contributed by atoms with Crippen LogP contribution in [0.5, 0.6) is 0 Å². The second-order valence-corrected chi connectivity index (χ2v) is 6.48. The van der Waals surface area contributed by atoms with Gasteiger partial charge < -0.3 is 19.4 Å². The third-order valence-electron chi connectivity index (χ3n) is 3.28. The highest BCUT2D eigenvalue weighted by molar-refractivity contribution is 7.45. The van der Waals surface area contributed by atoms with Gasteiger partial charge in [0.25, 0.3) is 0 Å². The van der Waals surface area contributed by atoms with Crippen molar-refractivity contribution in [2.75, 3.05) is 0 Å². The Morgan fingerprint density at radius 3 is 2.00 bits per heavy atom. The first-order valence-corrected chi connectivity index (χ1v) is 9.37. The molecule has 26 heavy (non-hydrogen) atoms. The van der Waals surface area contributed by atoms with Gasteiger partial charge in [-0.25, -0.2) is 14.2 Å². The molecule has 2 aromatic rings. The van der Waals surface area contributed by atoms with E-state index in [2.05, 4.69) is 6.92 Å². The third-order valence-corrected chi connectivity index (χ3v) is 3.28. The van der Waals surface area contributed by atoms with E-state index < -0.39 is 19.8 Å². The highest BCUT2D eigenvalue weighted by Crippen LogP contribution is 2.25. The molecule has 0 aliphatic heterocycles. The van der Waals surface area contributed by atoms with Gasteiger partial charge in [0.05, 0.1) is 11.1 Å². The molecule has 0 heterocycles. The molecule has 2 aromatic carbocycles. The number of benzene rings is 2. The topological polar surface area (TPSA) is 121 Å². The SMILES string of the molecule is CCCc1ccc(C(=O)OC(=O)c2ccccc2C)cc1.O=P(O)(O)O. The van der Waals surface area contributed by atoms with E-state index >= 15 is 0 Å². The number of esters is 2. The largest absolute Gasteiger partial charge is 0.466 e. The second-order valence-electron chi connectivity index (χ2n) is 5.45. The monoisotopic (exact) mass is 380 g/mol. The Kier molecular flexibility index (Phi) is 8.35. The van der Waals surface area contributed by atoms with Crippen molar-refractivity contribution in [1.29, 1.82) is 0 Å². The lowest BCUT2D eigenvalue weighted by Gasteiger charge is -2.06. The van der Waals surface area contributed by atoms with E-state index in [1.54, 1.807) is 37.3 Å². The smallest absolute Gasteiger partial charge is 0.386 e. The molecule has 7 nitrogen and oxygen atoms in total. The first-order valence-electron chi connectivity index (χ1n) is 7.81. The molecule has 0 aliphatic carbocycles. The lowest BCUT2D eigenvalue weighted by molar-refractivity contribution is 0.0397. The summed E-state index contributed by atoms with van der Waals surface area (Å²) in [5.74, 6) is -1.23. The minimum absolute atomic E-state index is 0.386. The van der Waals surface area contributed by atoms with Crippen molar-refractivity contribution in [2.24, 2.45) is 0 Å². The Labute approximate surface area is 151 Å². The van der Waals surface area contributed by atoms with Gasteiger partial charge in [-0.2, -0.15) is 0 Å². The van der Waals surface area contributed by atoms with E-state index in [0.717, 1.165) is 18.4 Å². The highest BCUT2D eigenvalue weighted by atomic mass is 31.2. The number of carbonyl (C=O) groups is 2. The zero-order chi connectivity index (χ0) is 19.7. The van der Waals surface area contributed by atoms with Crippen LogP contribution in [0.1, 0.15) is 45.2 Å². The molecule has 0 radical (unpaired) electrons. The second kappa shape index (κ2) is 9.99. The Bertz CT molecular complexity index is 785. The van der Waals surface area contributed by atoms with Crippen LogP contribution in [0.2, 0.25) is 0 Å². The number of hydrogen-bond donors (Lipinski definition) is 3. The normalized spacial score (nSPS) is 10.5. The van der Waals surface area contributed by atoms with Gasteiger partial charge in [0.15, 0.2) is 0 Å². The van der Waals surface area contributed by atoms with E-state index in [0.29, 0.717) is 11.1 Å². The van der Waals surface area contributed by atoms with Gasteiger partial charge in [0.1, 0.15) is 0 Å². The van der Waals surface area contributed by atoms with Crippen LogP contribution in [0, 0.1) is 6.92 Å². The molecule has 8 heteroatoms. The molecular weight excluding hydrogens is 359 g/mol. The Balaban J connectivity index is 0.000000597. The number of aryl methyl sites for hydroxylation is 2. The summed E-state index contributed by atoms with van der Waals surface area (Å²) in [5.41, 5.74) is 2.75. The van der Waals surface area contributed by atoms with E-state index in [4.69, 9.17) is 24.0 Å². The Morgan fingerprint density at radius 2 is 1.50 bits per heavy atom. The van der Waals surface area contributed by atoms with Crippen molar-refractivity contribution in [3.8, 4) is 0 Å². The average Bonchev–Trinajstić information content (AvgIpc) is 2.54. The number of phosphoric acid groups is 1. The van der Waals surface area contributed by atoms with Crippen LogP contribution in [0.15, 0.2) is 48.5 Å². The summed E-state index contributed by atoms with van der Waals surface area (Å²) in [4.78, 5) is 45.5. The van der Waals surface area contributed by atoms with Gasteiger partial charge in [0, 0.05) is 0 Å². The van der Waals surface area contributed by atoms with Crippen LogP contribution in [-0.2, 0) is 15.7 Å². The van der Waals surface area contributed by atoms with Crippen molar-refractivity contribution in [3.63, 3.8) is 0 Å². The summed E-state index contributed by atoms with van der Waals surface area (Å²) in [5, 5.41) is 0. The van der Waals surface area contributed by atoms with Gasteiger partial charge in [-0.05, 0) is 42.7 Å². The fraction of sp³-hybridized carbons (Fsp3) is 0.222. The van der Waals surface area contributed by atoms with Crippen LogP contribution >= 0.6 is 7.82 Å². The van der Waals surface area contributed by atoms with Crippen LogP contribution in [0.3, 0.4) is 0 Å². The molecule has 2 rings (SSSR count).